The van der Waals surface area contributed by atoms with Crippen LogP contribution in [0.1, 0.15) is 114 Å². The minimum atomic E-state index is -3.66. The normalized spacial score (nSPS) is 18.4. The predicted octanol–water partition coefficient (Wildman–Crippen LogP) is 9.59. The van der Waals surface area contributed by atoms with E-state index in [4.69, 9.17) is 13.7 Å². The summed E-state index contributed by atoms with van der Waals surface area (Å²) in [4.78, 5) is 0. The van der Waals surface area contributed by atoms with Crippen molar-refractivity contribution in [1.82, 2.24) is 0 Å². The average Bonchev–Trinajstić information content (AvgIpc) is 3.22. The second-order valence-electron chi connectivity index (χ2n) is 12.4. The Hall–Kier alpha value is -2.51. The summed E-state index contributed by atoms with van der Waals surface area (Å²) < 4.78 is 44.4. The van der Waals surface area contributed by atoms with Gasteiger partial charge in [0.1, 0.15) is 10.9 Å². The molecule has 0 aliphatic carbocycles. The molecule has 0 spiro atoms. The lowest BCUT2D eigenvalue weighted by molar-refractivity contribution is -0.0293. The van der Waals surface area contributed by atoms with E-state index in [1.807, 2.05) is 54.6 Å². The third kappa shape index (κ3) is 10.8. The standard InChI is InChI=1S/C39H54O5S/c1-2-3-4-5-6-7-8-9-10-11-12-22-29-38-33-42-37(32-44-45(38,40)41)30-31-43-39(34-23-16-13-17-24-34,35-25-18-14-19-26-35)36-27-20-15-21-28-36/h13-21,23-28,37-38H,2-12,22,29-33H2,1H3. The first-order valence-corrected chi connectivity index (χ1v) is 18.8. The molecule has 0 aromatic heterocycles. The lowest BCUT2D eigenvalue weighted by atomic mass is 9.80. The summed E-state index contributed by atoms with van der Waals surface area (Å²) in [5.41, 5.74) is 2.28. The van der Waals surface area contributed by atoms with Crippen LogP contribution in [0.5, 0.6) is 0 Å². The van der Waals surface area contributed by atoms with Crippen LogP contribution >= 0.6 is 0 Å². The van der Waals surface area contributed by atoms with E-state index in [-0.39, 0.29) is 19.3 Å². The minimum absolute atomic E-state index is 0.0235. The van der Waals surface area contributed by atoms with Gasteiger partial charge in [0.2, 0.25) is 0 Å². The Kier molecular flexibility index (Phi) is 15.1. The van der Waals surface area contributed by atoms with E-state index >= 15 is 0 Å². The SMILES string of the molecule is CCCCCCCCCCCCCCC1COC(CCOC(c2ccccc2)(c2ccccc2)c2ccccc2)COS1(=O)=O. The third-order valence-corrected chi connectivity index (χ3v) is 10.7. The Balaban J connectivity index is 1.27. The Morgan fingerprint density at radius 1 is 0.622 bits per heavy atom. The van der Waals surface area contributed by atoms with Crippen molar-refractivity contribution in [3.8, 4) is 0 Å². The van der Waals surface area contributed by atoms with Crippen LogP contribution in [-0.2, 0) is 29.4 Å². The van der Waals surface area contributed by atoms with Gasteiger partial charge in [0.05, 0.1) is 25.9 Å². The number of benzene rings is 3. The Bertz CT molecular complexity index is 1200. The van der Waals surface area contributed by atoms with Crippen LogP contribution in [0.4, 0.5) is 0 Å². The van der Waals surface area contributed by atoms with Gasteiger partial charge in [-0.1, -0.05) is 175 Å². The van der Waals surface area contributed by atoms with Gasteiger partial charge in [0, 0.05) is 0 Å². The number of hydrogen-bond acceptors (Lipinski definition) is 5. The molecular formula is C39H54O5S. The molecule has 4 rings (SSSR count). The topological polar surface area (TPSA) is 61.8 Å². The summed E-state index contributed by atoms with van der Waals surface area (Å²) in [6.07, 6.45) is 15.8. The Labute approximate surface area is 272 Å². The van der Waals surface area contributed by atoms with Crippen molar-refractivity contribution in [2.75, 3.05) is 19.8 Å². The molecule has 0 bridgehead atoms. The molecule has 1 fully saturated rings. The van der Waals surface area contributed by atoms with Gasteiger partial charge in [0.15, 0.2) is 0 Å². The van der Waals surface area contributed by atoms with E-state index in [2.05, 4.69) is 43.3 Å². The first-order valence-electron chi connectivity index (χ1n) is 17.4. The number of unbranched alkanes of at least 4 members (excludes halogenated alkanes) is 11. The second-order valence-corrected chi connectivity index (χ2v) is 14.3. The molecule has 5 nitrogen and oxygen atoms in total. The van der Waals surface area contributed by atoms with Crippen LogP contribution in [0.3, 0.4) is 0 Å². The van der Waals surface area contributed by atoms with Gasteiger partial charge in [-0.25, -0.2) is 0 Å². The number of hydrogen-bond donors (Lipinski definition) is 0. The summed E-state index contributed by atoms with van der Waals surface area (Å²) in [7, 11) is -3.66. The van der Waals surface area contributed by atoms with Gasteiger partial charge >= 0.3 is 0 Å². The Morgan fingerprint density at radius 2 is 1.07 bits per heavy atom. The maximum atomic E-state index is 12.9. The molecule has 0 radical (unpaired) electrons. The molecule has 1 aliphatic rings. The van der Waals surface area contributed by atoms with Crippen molar-refractivity contribution in [2.24, 2.45) is 0 Å². The van der Waals surface area contributed by atoms with Crippen LogP contribution in [-0.4, -0.2) is 39.6 Å². The average molecular weight is 635 g/mol. The summed E-state index contributed by atoms with van der Waals surface area (Å²) in [5, 5.41) is -0.608. The van der Waals surface area contributed by atoms with Gasteiger partial charge < -0.3 is 9.47 Å². The largest absolute Gasteiger partial charge is 0.374 e. The van der Waals surface area contributed by atoms with Crippen molar-refractivity contribution in [1.29, 1.82) is 0 Å². The van der Waals surface area contributed by atoms with E-state index in [9.17, 15) is 8.42 Å². The van der Waals surface area contributed by atoms with E-state index in [0.29, 0.717) is 19.4 Å². The molecule has 0 saturated carbocycles. The summed E-state index contributed by atoms with van der Waals surface area (Å²) in [6, 6.07) is 30.8. The lowest BCUT2D eigenvalue weighted by Gasteiger charge is -2.36. The van der Waals surface area contributed by atoms with E-state index in [0.717, 1.165) is 36.0 Å². The molecule has 0 N–H and O–H groups in total. The summed E-state index contributed by atoms with van der Waals surface area (Å²) >= 11 is 0. The number of ether oxygens (including phenoxy) is 2. The second kappa shape index (κ2) is 19.2. The lowest BCUT2D eigenvalue weighted by Crippen LogP contribution is -2.34. The molecular weight excluding hydrogens is 580 g/mol. The molecule has 45 heavy (non-hydrogen) atoms. The van der Waals surface area contributed by atoms with Crippen LogP contribution in [0.25, 0.3) is 0 Å². The van der Waals surface area contributed by atoms with Crippen molar-refractivity contribution >= 4 is 10.1 Å². The molecule has 1 saturated heterocycles. The van der Waals surface area contributed by atoms with Gasteiger partial charge in [-0.3, -0.25) is 4.18 Å². The fraction of sp³-hybridized carbons (Fsp3) is 0.538. The summed E-state index contributed by atoms with van der Waals surface area (Å²) in [5.74, 6) is 0. The first kappa shape index (κ1) is 35.3. The molecule has 1 heterocycles. The number of rotatable bonds is 20. The zero-order chi connectivity index (χ0) is 31.6. The zero-order valence-electron chi connectivity index (χ0n) is 27.3. The van der Waals surface area contributed by atoms with Gasteiger partial charge in [-0.15, -0.1) is 0 Å². The van der Waals surface area contributed by atoms with Crippen LogP contribution in [0.15, 0.2) is 91.0 Å². The molecule has 2 unspecified atom stereocenters. The van der Waals surface area contributed by atoms with Crippen LogP contribution in [0, 0.1) is 0 Å². The Morgan fingerprint density at radius 3 is 1.53 bits per heavy atom. The predicted molar refractivity (Wildman–Crippen MR) is 184 cm³/mol. The maximum absolute atomic E-state index is 12.9. The fourth-order valence-corrected chi connectivity index (χ4v) is 7.60. The highest BCUT2D eigenvalue weighted by Gasteiger charge is 2.38. The molecule has 3 aromatic rings. The van der Waals surface area contributed by atoms with Crippen molar-refractivity contribution < 1.29 is 22.1 Å². The molecule has 0 amide bonds. The smallest absolute Gasteiger partial charge is 0.272 e. The highest BCUT2D eigenvalue weighted by molar-refractivity contribution is 7.87. The molecule has 1 aliphatic heterocycles. The van der Waals surface area contributed by atoms with Gasteiger partial charge in [0.25, 0.3) is 10.1 Å². The third-order valence-electron chi connectivity index (χ3n) is 9.02. The fourth-order valence-electron chi connectivity index (χ4n) is 6.36. The monoisotopic (exact) mass is 634 g/mol. The zero-order valence-corrected chi connectivity index (χ0v) is 28.1. The maximum Gasteiger partial charge on any atom is 0.272 e. The van der Waals surface area contributed by atoms with E-state index in [1.54, 1.807) is 0 Å². The van der Waals surface area contributed by atoms with Gasteiger partial charge in [-0.05, 0) is 29.5 Å². The quantitative estimate of drug-likeness (QED) is 0.0704. The van der Waals surface area contributed by atoms with E-state index in [1.165, 1.54) is 57.8 Å². The van der Waals surface area contributed by atoms with Gasteiger partial charge in [-0.2, -0.15) is 8.42 Å². The first-order chi connectivity index (χ1) is 22.1. The molecule has 2 atom stereocenters. The molecule has 246 valence electrons. The molecule has 6 heteroatoms. The van der Waals surface area contributed by atoms with E-state index < -0.39 is 21.0 Å². The van der Waals surface area contributed by atoms with Crippen molar-refractivity contribution in [2.45, 2.75) is 114 Å². The molecule has 3 aromatic carbocycles. The summed E-state index contributed by atoms with van der Waals surface area (Å²) in [6.45, 7) is 2.83. The van der Waals surface area contributed by atoms with Crippen LogP contribution < -0.4 is 0 Å². The van der Waals surface area contributed by atoms with Crippen LogP contribution in [0.2, 0.25) is 0 Å². The van der Waals surface area contributed by atoms with Crippen molar-refractivity contribution in [3.63, 3.8) is 0 Å². The minimum Gasteiger partial charge on any atom is -0.374 e. The van der Waals surface area contributed by atoms with Crippen molar-refractivity contribution in [3.05, 3.63) is 108 Å². The highest BCUT2D eigenvalue weighted by atomic mass is 32.2. The highest BCUT2D eigenvalue weighted by Crippen LogP contribution is 2.40.